The molecule has 122 valence electrons. The van der Waals surface area contributed by atoms with Gasteiger partial charge in [-0.3, -0.25) is 0 Å². The predicted octanol–water partition coefficient (Wildman–Crippen LogP) is 7.88. The van der Waals surface area contributed by atoms with Gasteiger partial charge in [0.1, 0.15) is 0 Å². The number of alkyl halides is 1. The first-order chi connectivity index (χ1) is 9.68. The van der Waals surface area contributed by atoms with Crippen molar-refractivity contribution >= 4 is 11.6 Å². The molecule has 0 aromatic heterocycles. The predicted molar refractivity (Wildman–Crippen MR) is 94.9 cm³/mol. The zero-order chi connectivity index (χ0) is 15.1. The molecule has 0 fully saturated rings. The third kappa shape index (κ3) is 12.1. The van der Waals surface area contributed by atoms with Gasteiger partial charge in [0.25, 0.3) is 0 Å². The van der Waals surface area contributed by atoms with Crippen LogP contribution in [0, 0.1) is 0 Å². The van der Waals surface area contributed by atoms with Crippen molar-refractivity contribution in [2.24, 2.45) is 0 Å². The molecule has 0 amide bonds. The van der Waals surface area contributed by atoms with Crippen molar-refractivity contribution in [3.63, 3.8) is 0 Å². The summed E-state index contributed by atoms with van der Waals surface area (Å²) in [7, 11) is 0. The number of unbranched alkanes of at least 4 members (excludes halogenated alkanes) is 11. The Morgan fingerprint density at radius 1 is 0.550 bits per heavy atom. The van der Waals surface area contributed by atoms with Crippen molar-refractivity contribution in [2.45, 2.75) is 122 Å². The van der Waals surface area contributed by atoms with Crippen LogP contribution < -0.4 is 0 Å². The summed E-state index contributed by atoms with van der Waals surface area (Å²) in [6.07, 6.45) is 20.5. The lowest BCUT2D eigenvalue weighted by Crippen LogP contribution is -2.18. The van der Waals surface area contributed by atoms with E-state index >= 15 is 0 Å². The third-order valence-electron chi connectivity index (χ3n) is 4.75. The molecule has 0 bridgehead atoms. The van der Waals surface area contributed by atoms with Crippen molar-refractivity contribution in [1.29, 1.82) is 0 Å². The summed E-state index contributed by atoms with van der Waals surface area (Å²) in [6, 6.07) is 0. The van der Waals surface area contributed by atoms with E-state index in [2.05, 4.69) is 20.8 Å². The molecule has 0 aliphatic rings. The fourth-order valence-corrected chi connectivity index (χ4v) is 3.02. The Morgan fingerprint density at radius 2 is 0.900 bits per heavy atom. The van der Waals surface area contributed by atoms with E-state index in [0.29, 0.717) is 0 Å². The molecule has 20 heavy (non-hydrogen) atoms. The fraction of sp³-hybridized carbons (Fsp3) is 1.00. The van der Waals surface area contributed by atoms with Crippen LogP contribution in [0.5, 0.6) is 0 Å². The molecule has 0 nitrogen and oxygen atoms in total. The second-order valence-electron chi connectivity index (χ2n) is 6.50. The minimum Gasteiger partial charge on any atom is -0.119 e. The first-order valence-electron chi connectivity index (χ1n) is 9.37. The monoisotopic (exact) mass is 302 g/mol. The minimum absolute atomic E-state index is 0.0957. The van der Waals surface area contributed by atoms with Gasteiger partial charge in [0.2, 0.25) is 0 Å². The van der Waals surface area contributed by atoms with Gasteiger partial charge in [-0.1, -0.05) is 97.8 Å². The summed E-state index contributed by atoms with van der Waals surface area (Å²) in [5.74, 6) is 0. The molecule has 0 atom stereocenters. The Labute approximate surface area is 134 Å². The summed E-state index contributed by atoms with van der Waals surface area (Å²) < 4.78 is 0. The second kappa shape index (κ2) is 14.2. The first-order valence-corrected chi connectivity index (χ1v) is 9.75. The van der Waals surface area contributed by atoms with Crippen LogP contribution in [0.4, 0.5) is 0 Å². The number of rotatable bonds is 15. The molecule has 0 aliphatic heterocycles. The van der Waals surface area contributed by atoms with E-state index in [-0.39, 0.29) is 4.87 Å². The van der Waals surface area contributed by atoms with E-state index in [0.717, 1.165) is 12.8 Å². The van der Waals surface area contributed by atoms with E-state index in [4.69, 9.17) is 11.6 Å². The molecule has 0 unspecified atom stereocenters. The lowest BCUT2D eigenvalue weighted by atomic mass is 9.94. The molecular formula is C19H39Cl. The van der Waals surface area contributed by atoms with Gasteiger partial charge in [0.05, 0.1) is 0 Å². The topological polar surface area (TPSA) is 0 Å². The van der Waals surface area contributed by atoms with Gasteiger partial charge >= 0.3 is 0 Å². The molecule has 0 N–H and O–H groups in total. The molecule has 0 aliphatic carbocycles. The first kappa shape index (κ1) is 20.3. The highest BCUT2D eigenvalue weighted by atomic mass is 35.5. The quantitative estimate of drug-likeness (QED) is 0.213. The van der Waals surface area contributed by atoms with Crippen molar-refractivity contribution in [1.82, 2.24) is 0 Å². The van der Waals surface area contributed by atoms with Crippen molar-refractivity contribution < 1.29 is 0 Å². The maximum Gasteiger partial charge on any atom is 0.0441 e. The number of halogens is 1. The highest BCUT2D eigenvalue weighted by molar-refractivity contribution is 6.23. The number of hydrogen-bond acceptors (Lipinski definition) is 0. The van der Waals surface area contributed by atoms with E-state index < -0.39 is 0 Å². The van der Waals surface area contributed by atoms with Crippen molar-refractivity contribution in [3.8, 4) is 0 Å². The average molecular weight is 303 g/mol. The molecule has 0 aromatic rings. The van der Waals surface area contributed by atoms with Crippen LogP contribution in [0.1, 0.15) is 117 Å². The molecule has 0 aromatic carbocycles. The van der Waals surface area contributed by atoms with Gasteiger partial charge in [-0.05, 0) is 19.3 Å². The average Bonchev–Trinajstić information content (AvgIpc) is 2.48. The number of hydrogen-bond donors (Lipinski definition) is 0. The maximum absolute atomic E-state index is 6.54. The van der Waals surface area contributed by atoms with E-state index in [1.807, 2.05) is 0 Å². The largest absolute Gasteiger partial charge is 0.119 e. The molecule has 0 radical (unpaired) electrons. The van der Waals surface area contributed by atoms with Crippen LogP contribution in [0.3, 0.4) is 0 Å². The zero-order valence-electron chi connectivity index (χ0n) is 14.5. The zero-order valence-corrected chi connectivity index (χ0v) is 15.2. The maximum atomic E-state index is 6.54. The Morgan fingerprint density at radius 3 is 1.25 bits per heavy atom. The summed E-state index contributed by atoms with van der Waals surface area (Å²) in [5, 5.41) is 0. The Hall–Kier alpha value is 0.290. The molecule has 0 spiro atoms. The van der Waals surface area contributed by atoms with Gasteiger partial charge in [-0.15, -0.1) is 11.6 Å². The third-order valence-corrected chi connectivity index (χ3v) is 5.47. The van der Waals surface area contributed by atoms with Gasteiger partial charge in [-0.25, -0.2) is 0 Å². The summed E-state index contributed by atoms with van der Waals surface area (Å²) in [6.45, 7) is 6.73. The van der Waals surface area contributed by atoms with E-state index in [9.17, 15) is 0 Å². The molecule has 1 heteroatoms. The normalized spacial score (nSPS) is 12.0. The van der Waals surface area contributed by atoms with Crippen LogP contribution in [0.15, 0.2) is 0 Å². The SMILES string of the molecule is CCCCCCCCCCCCCCC(Cl)(CC)CC. The van der Waals surface area contributed by atoms with Crippen LogP contribution in [-0.4, -0.2) is 4.87 Å². The van der Waals surface area contributed by atoms with Gasteiger partial charge in [0.15, 0.2) is 0 Å². The molecular weight excluding hydrogens is 264 g/mol. The Kier molecular flexibility index (Phi) is 14.4. The van der Waals surface area contributed by atoms with E-state index in [1.54, 1.807) is 0 Å². The molecule has 0 rings (SSSR count). The molecule has 0 saturated carbocycles. The summed E-state index contributed by atoms with van der Waals surface area (Å²) in [5.41, 5.74) is 0. The summed E-state index contributed by atoms with van der Waals surface area (Å²) in [4.78, 5) is 0.0957. The fourth-order valence-electron chi connectivity index (χ4n) is 2.89. The standard InChI is InChI=1S/C19H39Cl/c1-4-7-8-9-10-11-12-13-14-15-16-17-18-19(20,5-2)6-3/h4-18H2,1-3H3. The van der Waals surface area contributed by atoms with Crippen molar-refractivity contribution in [2.75, 3.05) is 0 Å². The van der Waals surface area contributed by atoms with Crippen LogP contribution >= 0.6 is 11.6 Å². The van der Waals surface area contributed by atoms with Gasteiger partial charge < -0.3 is 0 Å². The van der Waals surface area contributed by atoms with Crippen LogP contribution in [-0.2, 0) is 0 Å². The molecule has 0 saturated heterocycles. The minimum atomic E-state index is 0.0957. The smallest absolute Gasteiger partial charge is 0.0441 e. The Bertz CT molecular complexity index is 184. The molecule has 0 heterocycles. The lowest BCUT2D eigenvalue weighted by Gasteiger charge is -2.23. The summed E-state index contributed by atoms with van der Waals surface area (Å²) >= 11 is 6.54. The Balaban J connectivity index is 3.17. The van der Waals surface area contributed by atoms with Crippen LogP contribution in [0.25, 0.3) is 0 Å². The van der Waals surface area contributed by atoms with Crippen LogP contribution in [0.2, 0.25) is 0 Å². The van der Waals surface area contributed by atoms with Gasteiger partial charge in [0, 0.05) is 4.87 Å². The lowest BCUT2D eigenvalue weighted by molar-refractivity contribution is 0.458. The van der Waals surface area contributed by atoms with E-state index in [1.165, 1.54) is 83.5 Å². The van der Waals surface area contributed by atoms with Gasteiger partial charge in [-0.2, -0.15) is 0 Å². The second-order valence-corrected chi connectivity index (χ2v) is 7.30. The highest BCUT2D eigenvalue weighted by Crippen LogP contribution is 2.30. The van der Waals surface area contributed by atoms with Crippen molar-refractivity contribution in [3.05, 3.63) is 0 Å². The highest BCUT2D eigenvalue weighted by Gasteiger charge is 2.21.